The Morgan fingerprint density at radius 2 is 1.83 bits per heavy atom. The maximum Gasteiger partial charge on any atom is 0.278 e. The molecule has 1 aromatic carbocycles. The Morgan fingerprint density at radius 3 is 2.50 bits per heavy atom. The van der Waals surface area contributed by atoms with Gasteiger partial charge < -0.3 is 15.1 Å². The Hall–Kier alpha value is -1.55. The first kappa shape index (κ1) is 17.3. The van der Waals surface area contributed by atoms with Gasteiger partial charge in [0.05, 0.1) is 26.2 Å². The second kappa shape index (κ2) is 8.52. The molecule has 0 spiro atoms. The molecule has 1 aliphatic carbocycles. The van der Waals surface area contributed by atoms with E-state index in [0.717, 1.165) is 32.7 Å². The summed E-state index contributed by atoms with van der Waals surface area (Å²) < 4.78 is 0. The summed E-state index contributed by atoms with van der Waals surface area (Å²) in [5.74, 6) is 0.948. The SMILES string of the molecule is C[C@H](C(=O)NCC1CCCCC1)[NH+]1CCN(c2ccccc2)CC1. The predicted molar refractivity (Wildman–Crippen MR) is 98.4 cm³/mol. The first-order valence-electron chi connectivity index (χ1n) is 9.66. The number of para-hydroxylation sites is 1. The molecule has 2 fully saturated rings. The average Bonchev–Trinajstić information content (AvgIpc) is 2.67. The largest absolute Gasteiger partial charge is 0.360 e. The topological polar surface area (TPSA) is 36.8 Å². The molecule has 1 aliphatic heterocycles. The molecule has 4 heteroatoms. The van der Waals surface area contributed by atoms with Crippen molar-refractivity contribution in [3.05, 3.63) is 30.3 Å². The maximum absolute atomic E-state index is 12.5. The predicted octanol–water partition coefficient (Wildman–Crippen LogP) is 1.48. The smallest absolute Gasteiger partial charge is 0.278 e. The Morgan fingerprint density at radius 1 is 1.17 bits per heavy atom. The number of carbonyl (C=O) groups excluding carboxylic acids is 1. The van der Waals surface area contributed by atoms with E-state index in [0.29, 0.717) is 5.92 Å². The second-order valence-corrected chi connectivity index (χ2v) is 7.45. The van der Waals surface area contributed by atoms with Crippen molar-refractivity contribution in [2.75, 3.05) is 37.6 Å². The zero-order valence-electron chi connectivity index (χ0n) is 15.0. The van der Waals surface area contributed by atoms with Gasteiger partial charge in [0, 0.05) is 12.2 Å². The standard InChI is InChI=1S/C20H31N3O/c1-17(20(24)21-16-18-8-4-2-5-9-18)22-12-14-23(15-13-22)19-10-6-3-7-11-19/h3,6-7,10-11,17-18H,2,4-5,8-9,12-16H2,1H3,(H,21,24)/p+1/t17-/m1/s1. The Balaban J connectivity index is 1.42. The maximum atomic E-state index is 12.5. The number of nitrogens with zero attached hydrogens (tertiary/aromatic N) is 1. The second-order valence-electron chi connectivity index (χ2n) is 7.45. The minimum atomic E-state index is 0.0616. The van der Waals surface area contributed by atoms with E-state index in [4.69, 9.17) is 0 Å². The lowest BCUT2D eigenvalue weighted by Crippen LogP contribution is -3.19. The van der Waals surface area contributed by atoms with Crippen LogP contribution in [0.4, 0.5) is 5.69 Å². The number of hydrogen-bond donors (Lipinski definition) is 2. The fraction of sp³-hybridized carbons (Fsp3) is 0.650. The van der Waals surface area contributed by atoms with Crippen LogP contribution in [0.3, 0.4) is 0 Å². The summed E-state index contributed by atoms with van der Waals surface area (Å²) in [6, 6.07) is 10.7. The molecule has 1 aromatic rings. The zero-order valence-corrected chi connectivity index (χ0v) is 15.0. The fourth-order valence-corrected chi connectivity index (χ4v) is 4.10. The lowest BCUT2D eigenvalue weighted by atomic mass is 9.89. The molecule has 3 rings (SSSR count). The van der Waals surface area contributed by atoms with Gasteiger partial charge in [0.2, 0.25) is 0 Å². The van der Waals surface area contributed by atoms with Crippen LogP contribution in [-0.4, -0.2) is 44.7 Å². The van der Waals surface area contributed by atoms with Crippen LogP contribution in [0.2, 0.25) is 0 Å². The van der Waals surface area contributed by atoms with Crippen LogP contribution in [0.15, 0.2) is 30.3 Å². The Kier molecular flexibility index (Phi) is 6.13. The average molecular weight is 330 g/mol. The van der Waals surface area contributed by atoms with Gasteiger partial charge in [-0.15, -0.1) is 0 Å². The first-order chi connectivity index (χ1) is 11.7. The van der Waals surface area contributed by atoms with Gasteiger partial charge in [-0.25, -0.2) is 0 Å². The quantitative estimate of drug-likeness (QED) is 0.858. The molecule has 2 aliphatic rings. The summed E-state index contributed by atoms with van der Waals surface area (Å²) in [5.41, 5.74) is 1.30. The number of rotatable bonds is 5. The number of piperazine rings is 1. The van der Waals surface area contributed by atoms with E-state index in [2.05, 4.69) is 47.5 Å². The van der Waals surface area contributed by atoms with Crippen LogP contribution in [0.1, 0.15) is 39.0 Å². The number of carbonyl (C=O) groups is 1. The number of nitrogens with one attached hydrogen (secondary N) is 2. The lowest BCUT2D eigenvalue weighted by molar-refractivity contribution is -0.914. The molecule has 1 atom stereocenters. The van der Waals surface area contributed by atoms with Gasteiger partial charge in [0.1, 0.15) is 0 Å². The molecule has 0 radical (unpaired) electrons. The van der Waals surface area contributed by atoms with Crippen molar-refractivity contribution in [2.24, 2.45) is 5.92 Å². The number of amides is 1. The molecule has 1 heterocycles. The zero-order chi connectivity index (χ0) is 16.8. The molecule has 0 unspecified atom stereocenters. The monoisotopic (exact) mass is 330 g/mol. The van der Waals surface area contributed by atoms with Gasteiger partial charge in [-0.1, -0.05) is 37.5 Å². The van der Waals surface area contributed by atoms with E-state index in [1.54, 1.807) is 0 Å². The Bertz CT molecular complexity index is 505. The summed E-state index contributed by atoms with van der Waals surface area (Å²) in [6.07, 6.45) is 6.62. The van der Waals surface area contributed by atoms with Crippen molar-refractivity contribution >= 4 is 11.6 Å². The molecular formula is C20H32N3O+. The number of hydrogen-bond acceptors (Lipinski definition) is 2. The number of benzene rings is 1. The molecule has 1 saturated carbocycles. The molecule has 4 nitrogen and oxygen atoms in total. The van der Waals surface area contributed by atoms with Gasteiger partial charge >= 0.3 is 0 Å². The van der Waals surface area contributed by atoms with Crippen LogP contribution in [0.5, 0.6) is 0 Å². The van der Waals surface area contributed by atoms with Gasteiger partial charge in [0.15, 0.2) is 6.04 Å². The minimum absolute atomic E-state index is 0.0616. The molecule has 1 amide bonds. The van der Waals surface area contributed by atoms with Crippen LogP contribution in [0, 0.1) is 5.92 Å². The molecule has 132 valence electrons. The first-order valence-corrected chi connectivity index (χ1v) is 9.66. The summed E-state index contributed by atoms with van der Waals surface area (Å²) in [4.78, 5) is 16.3. The highest BCUT2D eigenvalue weighted by Crippen LogP contribution is 2.22. The van der Waals surface area contributed by atoms with Crippen LogP contribution < -0.4 is 15.1 Å². The van der Waals surface area contributed by atoms with E-state index in [1.807, 2.05) is 0 Å². The van der Waals surface area contributed by atoms with Gasteiger partial charge in [-0.2, -0.15) is 0 Å². The molecular weight excluding hydrogens is 298 g/mol. The van der Waals surface area contributed by atoms with Crippen LogP contribution >= 0.6 is 0 Å². The minimum Gasteiger partial charge on any atom is -0.360 e. The van der Waals surface area contributed by atoms with Crippen LogP contribution in [-0.2, 0) is 4.79 Å². The fourth-order valence-electron chi connectivity index (χ4n) is 4.10. The highest BCUT2D eigenvalue weighted by molar-refractivity contribution is 5.79. The third-order valence-electron chi connectivity index (χ3n) is 5.82. The normalized spacial score (nSPS) is 21.5. The lowest BCUT2D eigenvalue weighted by Gasteiger charge is -2.36. The van der Waals surface area contributed by atoms with E-state index >= 15 is 0 Å². The van der Waals surface area contributed by atoms with Crippen molar-refractivity contribution < 1.29 is 9.69 Å². The molecule has 24 heavy (non-hydrogen) atoms. The van der Waals surface area contributed by atoms with Crippen LogP contribution in [0.25, 0.3) is 0 Å². The summed E-state index contributed by atoms with van der Waals surface area (Å²) in [6.45, 7) is 7.09. The molecule has 2 N–H and O–H groups in total. The van der Waals surface area contributed by atoms with Crippen molar-refractivity contribution in [3.8, 4) is 0 Å². The van der Waals surface area contributed by atoms with Gasteiger partial charge in [-0.3, -0.25) is 4.79 Å². The number of quaternary nitrogens is 1. The highest BCUT2D eigenvalue weighted by atomic mass is 16.2. The highest BCUT2D eigenvalue weighted by Gasteiger charge is 2.29. The molecule has 0 aromatic heterocycles. The molecule has 1 saturated heterocycles. The third-order valence-corrected chi connectivity index (χ3v) is 5.82. The van der Waals surface area contributed by atoms with E-state index in [1.165, 1.54) is 42.7 Å². The van der Waals surface area contributed by atoms with Crippen molar-refractivity contribution in [2.45, 2.75) is 45.1 Å². The van der Waals surface area contributed by atoms with Gasteiger partial charge in [-0.05, 0) is 37.8 Å². The van der Waals surface area contributed by atoms with E-state index in [9.17, 15) is 4.79 Å². The molecule has 0 bridgehead atoms. The Labute approximate surface area is 146 Å². The van der Waals surface area contributed by atoms with Crippen molar-refractivity contribution in [3.63, 3.8) is 0 Å². The van der Waals surface area contributed by atoms with Crippen molar-refractivity contribution in [1.82, 2.24) is 5.32 Å². The summed E-state index contributed by atoms with van der Waals surface area (Å²) in [5, 5.41) is 3.22. The number of anilines is 1. The summed E-state index contributed by atoms with van der Waals surface area (Å²) in [7, 11) is 0. The van der Waals surface area contributed by atoms with Crippen molar-refractivity contribution in [1.29, 1.82) is 0 Å². The van der Waals surface area contributed by atoms with Gasteiger partial charge in [0.25, 0.3) is 5.91 Å². The van der Waals surface area contributed by atoms with E-state index < -0.39 is 0 Å². The summed E-state index contributed by atoms with van der Waals surface area (Å²) >= 11 is 0. The van der Waals surface area contributed by atoms with E-state index in [-0.39, 0.29) is 11.9 Å². The third kappa shape index (κ3) is 4.50.